The maximum atomic E-state index is 13.2. The van der Waals surface area contributed by atoms with Gasteiger partial charge in [-0.05, 0) is 37.0 Å². The van der Waals surface area contributed by atoms with Gasteiger partial charge in [0, 0.05) is 17.8 Å². The highest BCUT2D eigenvalue weighted by Gasteiger charge is 2.29. The number of hydrogen-bond acceptors (Lipinski definition) is 3. The number of nitrogens with zero attached hydrogens (tertiary/aromatic N) is 4. The van der Waals surface area contributed by atoms with E-state index in [1.165, 1.54) is 0 Å². The first-order chi connectivity index (χ1) is 13.3. The van der Waals surface area contributed by atoms with Crippen molar-refractivity contribution >= 4 is 5.91 Å². The van der Waals surface area contributed by atoms with Gasteiger partial charge in [-0.1, -0.05) is 48.5 Å². The van der Waals surface area contributed by atoms with Gasteiger partial charge >= 0.3 is 0 Å². The van der Waals surface area contributed by atoms with Crippen molar-refractivity contribution in [2.45, 2.75) is 25.8 Å². The van der Waals surface area contributed by atoms with Crippen LogP contribution in [-0.4, -0.2) is 27.1 Å². The van der Waals surface area contributed by atoms with Gasteiger partial charge in [-0.2, -0.15) is 10.4 Å². The first-order valence-electron chi connectivity index (χ1n) is 9.14. The molecular weight excluding hydrogens is 336 g/mol. The van der Waals surface area contributed by atoms with E-state index in [1.54, 1.807) is 4.90 Å². The van der Waals surface area contributed by atoms with Crippen molar-refractivity contribution in [1.29, 1.82) is 5.26 Å². The Morgan fingerprint density at radius 2 is 1.78 bits per heavy atom. The molecule has 134 valence electrons. The molecule has 0 atom stereocenters. The summed E-state index contributed by atoms with van der Waals surface area (Å²) in [6.07, 6.45) is 2.80. The van der Waals surface area contributed by atoms with Gasteiger partial charge in [0.15, 0.2) is 5.69 Å². The molecule has 27 heavy (non-hydrogen) atoms. The van der Waals surface area contributed by atoms with Gasteiger partial charge in [0.05, 0.1) is 11.8 Å². The Morgan fingerprint density at radius 3 is 2.48 bits per heavy atom. The van der Waals surface area contributed by atoms with E-state index in [0.29, 0.717) is 12.2 Å². The molecule has 0 radical (unpaired) electrons. The Kier molecular flexibility index (Phi) is 4.71. The van der Waals surface area contributed by atoms with Crippen LogP contribution in [0.5, 0.6) is 0 Å². The Labute approximate surface area is 158 Å². The summed E-state index contributed by atoms with van der Waals surface area (Å²) in [6.45, 7) is 0.445. The van der Waals surface area contributed by atoms with Crippen LogP contribution in [0.15, 0.2) is 60.7 Å². The van der Waals surface area contributed by atoms with E-state index in [9.17, 15) is 10.1 Å². The number of fused-ring (bicyclic) bond motifs is 1. The van der Waals surface area contributed by atoms with Crippen molar-refractivity contribution in [3.63, 3.8) is 0 Å². The minimum absolute atomic E-state index is 0.0424. The molecule has 0 spiro atoms. The standard InChI is InChI=1S/C22H20N4O/c23-14-15-25(16-17-8-3-1-4-9-17)22(27)21-19-12-7-13-20(19)26(24-21)18-10-5-2-6-11-18/h1-6,8-11H,7,12-13,15-16H2. The Morgan fingerprint density at radius 1 is 1.07 bits per heavy atom. The maximum absolute atomic E-state index is 13.2. The van der Waals surface area contributed by atoms with E-state index >= 15 is 0 Å². The Balaban J connectivity index is 1.69. The van der Waals surface area contributed by atoms with E-state index in [-0.39, 0.29) is 12.5 Å². The first kappa shape index (κ1) is 17.0. The lowest BCUT2D eigenvalue weighted by Crippen LogP contribution is -2.32. The number of benzene rings is 2. The Hall–Kier alpha value is -3.39. The molecule has 0 saturated heterocycles. The van der Waals surface area contributed by atoms with E-state index in [2.05, 4.69) is 11.2 Å². The molecule has 0 saturated carbocycles. The number of aromatic nitrogens is 2. The second-order valence-electron chi connectivity index (χ2n) is 6.68. The largest absolute Gasteiger partial charge is 0.320 e. The van der Waals surface area contributed by atoms with Crippen LogP contribution in [0.3, 0.4) is 0 Å². The highest BCUT2D eigenvalue weighted by Crippen LogP contribution is 2.28. The summed E-state index contributed by atoms with van der Waals surface area (Å²) in [5.74, 6) is -0.173. The van der Waals surface area contributed by atoms with Crippen LogP contribution in [0.2, 0.25) is 0 Å². The monoisotopic (exact) mass is 356 g/mol. The minimum Gasteiger partial charge on any atom is -0.320 e. The number of nitriles is 1. The zero-order valence-electron chi connectivity index (χ0n) is 15.0. The molecule has 5 heteroatoms. The van der Waals surface area contributed by atoms with E-state index in [4.69, 9.17) is 0 Å². The molecule has 1 aliphatic carbocycles. The quantitative estimate of drug-likeness (QED) is 0.657. The average molecular weight is 356 g/mol. The molecule has 0 aliphatic heterocycles. The fraction of sp³-hybridized carbons (Fsp3) is 0.227. The number of hydrogen-bond donors (Lipinski definition) is 0. The fourth-order valence-electron chi connectivity index (χ4n) is 3.63. The summed E-state index contributed by atoms with van der Waals surface area (Å²) < 4.78 is 1.89. The number of carbonyl (C=O) groups is 1. The molecule has 1 heterocycles. The molecule has 5 nitrogen and oxygen atoms in total. The third-order valence-corrected chi connectivity index (χ3v) is 4.90. The van der Waals surface area contributed by atoms with E-state index in [0.717, 1.165) is 41.8 Å². The third kappa shape index (κ3) is 3.34. The predicted octanol–water partition coefficient (Wildman–Crippen LogP) is 3.53. The van der Waals surface area contributed by atoms with Crippen LogP contribution in [0.25, 0.3) is 5.69 Å². The van der Waals surface area contributed by atoms with Gasteiger partial charge in [0.25, 0.3) is 5.91 Å². The number of para-hydroxylation sites is 1. The second kappa shape index (κ2) is 7.46. The molecule has 0 unspecified atom stereocenters. The minimum atomic E-state index is -0.173. The molecule has 3 aromatic rings. The zero-order valence-corrected chi connectivity index (χ0v) is 15.0. The Bertz CT molecular complexity index is 986. The first-order valence-corrected chi connectivity index (χ1v) is 9.14. The van der Waals surface area contributed by atoms with Crippen molar-refractivity contribution in [3.8, 4) is 11.8 Å². The van der Waals surface area contributed by atoms with Crippen LogP contribution in [0.1, 0.15) is 33.7 Å². The summed E-state index contributed by atoms with van der Waals surface area (Å²) in [4.78, 5) is 14.8. The SMILES string of the molecule is N#CCN(Cc1ccccc1)C(=O)c1nn(-c2ccccc2)c2c1CCC2. The lowest BCUT2D eigenvalue weighted by molar-refractivity contribution is 0.0757. The smallest absolute Gasteiger partial charge is 0.275 e. The highest BCUT2D eigenvalue weighted by atomic mass is 16.2. The summed E-state index contributed by atoms with van der Waals surface area (Å²) >= 11 is 0. The molecule has 1 amide bonds. The average Bonchev–Trinajstić information content (AvgIpc) is 3.31. The van der Waals surface area contributed by atoms with Crippen LogP contribution < -0.4 is 0 Å². The summed E-state index contributed by atoms with van der Waals surface area (Å²) in [5.41, 5.74) is 4.59. The van der Waals surface area contributed by atoms with Gasteiger partial charge in [-0.25, -0.2) is 4.68 Å². The van der Waals surface area contributed by atoms with Crippen LogP contribution in [0.4, 0.5) is 0 Å². The van der Waals surface area contributed by atoms with Gasteiger partial charge in [-0.15, -0.1) is 0 Å². The number of rotatable bonds is 5. The molecule has 1 aliphatic rings. The van der Waals surface area contributed by atoms with Crippen molar-refractivity contribution < 1.29 is 4.79 Å². The maximum Gasteiger partial charge on any atom is 0.275 e. The van der Waals surface area contributed by atoms with Crippen molar-refractivity contribution in [3.05, 3.63) is 83.2 Å². The summed E-state index contributed by atoms with van der Waals surface area (Å²) in [5, 5.41) is 13.9. The predicted molar refractivity (Wildman–Crippen MR) is 102 cm³/mol. The molecule has 0 N–H and O–H groups in total. The van der Waals surface area contributed by atoms with E-state index in [1.807, 2.05) is 65.3 Å². The molecule has 2 aromatic carbocycles. The van der Waals surface area contributed by atoms with Crippen molar-refractivity contribution in [1.82, 2.24) is 14.7 Å². The topological polar surface area (TPSA) is 61.9 Å². The lowest BCUT2D eigenvalue weighted by Gasteiger charge is -2.19. The van der Waals surface area contributed by atoms with Gasteiger partial charge in [-0.3, -0.25) is 4.79 Å². The van der Waals surface area contributed by atoms with Crippen LogP contribution in [0, 0.1) is 11.3 Å². The zero-order chi connectivity index (χ0) is 18.6. The summed E-state index contributed by atoms with van der Waals surface area (Å²) in [6, 6.07) is 21.8. The molecule has 4 rings (SSSR count). The van der Waals surface area contributed by atoms with Gasteiger partial charge < -0.3 is 4.90 Å². The van der Waals surface area contributed by atoms with Crippen molar-refractivity contribution in [2.75, 3.05) is 6.54 Å². The van der Waals surface area contributed by atoms with Crippen LogP contribution in [-0.2, 0) is 19.4 Å². The molecular formula is C22H20N4O. The van der Waals surface area contributed by atoms with Gasteiger partial charge in [0.1, 0.15) is 6.54 Å². The number of amides is 1. The second-order valence-corrected chi connectivity index (χ2v) is 6.68. The normalized spacial score (nSPS) is 12.4. The summed E-state index contributed by atoms with van der Waals surface area (Å²) in [7, 11) is 0. The van der Waals surface area contributed by atoms with E-state index < -0.39 is 0 Å². The number of carbonyl (C=O) groups excluding carboxylic acids is 1. The van der Waals surface area contributed by atoms with Crippen molar-refractivity contribution in [2.24, 2.45) is 0 Å². The highest BCUT2D eigenvalue weighted by molar-refractivity contribution is 5.94. The van der Waals surface area contributed by atoms with Gasteiger partial charge in [0.2, 0.25) is 0 Å². The lowest BCUT2D eigenvalue weighted by atomic mass is 10.1. The van der Waals surface area contributed by atoms with Crippen LogP contribution >= 0.6 is 0 Å². The molecule has 0 fully saturated rings. The molecule has 0 bridgehead atoms. The third-order valence-electron chi connectivity index (χ3n) is 4.90. The fourth-order valence-corrected chi connectivity index (χ4v) is 3.63. The molecule has 1 aromatic heterocycles.